The van der Waals surface area contributed by atoms with E-state index in [1.807, 2.05) is 53.6 Å². The maximum atomic E-state index is 13.2. The van der Waals surface area contributed by atoms with Crippen molar-refractivity contribution in [3.8, 4) is 16.9 Å². The number of anilines is 2. The van der Waals surface area contributed by atoms with E-state index in [0.29, 0.717) is 51.3 Å². The summed E-state index contributed by atoms with van der Waals surface area (Å²) in [7, 11) is 2.00. The monoisotopic (exact) mass is 731 g/mol. The minimum atomic E-state index is -1.44. The molecule has 0 spiro atoms. The van der Waals surface area contributed by atoms with E-state index in [4.69, 9.17) is 15.0 Å². The maximum Gasteiger partial charge on any atom is 0.352 e. The number of benzene rings is 4. The van der Waals surface area contributed by atoms with Crippen molar-refractivity contribution in [2.75, 3.05) is 49.1 Å². The van der Waals surface area contributed by atoms with Crippen LogP contribution in [-0.2, 0) is 38.1 Å². The van der Waals surface area contributed by atoms with Crippen molar-refractivity contribution < 1.29 is 19.2 Å². The van der Waals surface area contributed by atoms with Gasteiger partial charge in [0, 0.05) is 66.5 Å². The molecule has 6 aromatic rings. The predicted octanol–water partition coefficient (Wildman–Crippen LogP) is 6.28. The van der Waals surface area contributed by atoms with E-state index in [9.17, 15) is 14.5 Å². The van der Waals surface area contributed by atoms with E-state index < -0.39 is 17.5 Å². The third kappa shape index (κ3) is 6.72. The van der Waals surface area contributed by atoms with Gasteiger partial charge in [0.15, 0.2) is 0 Å². The van der Waals surface area contributed by atoms with Crippen LogP contribution in [0.4, 0.5) is 11.4 Å². The number of piperazine rings is 1. The Balaban J connectivity index is 1.09. The molecule has 53 heavy (non-hydrogen) atoms. The van der Waals surface area contributed by atoms with E-state index in [-0.39, 0.29) is 0 Å². The Morgan fingerprint density at radius 3 is 2.34 bits per heavy atom. The fraction of sp³-hybridized carbons (Fsp3) is 0.317. The molecule has 0 aliphatic carbocycles. The number of carboxylic acids is 1. The number of carbonyl (C=O) groups is 1. The third-order valence-corrected chi connectivity index (χ3v) is 11.7. The first-order chi connectivity index (χ1) is 25.8. The van der Waals surface area contributed by atoms with E-state index >= 15 is 0 Å². The number of hydrogen-bond donors (Lipinski definition) is 2. The van der Waals surface area contributed by atoms with Crippen molar-refractivity contribution >= 4 is 50.6 Å². The van der Waals surface area contributed by atoms with Crippen LogP contribution in [0.15, 0.2) is 84.9 Å². The van der Waals surface area contributed by atoms with Gasteiger partial charge in [-0.25, -0.2) is 4.79 Å². The average molecular weight is 732 g/mol. The van der Waals surface area contributed by atoms with Gasteiger partial charge in [-0.05, 0) is 67.5 Å². The molecule has 274 valence electrons. The Labute approximate surface area is 312 Å². The molecule has 1 unspecified atom stereocenters. The van der Waals surface area contributed by atoms with Crippen LogP contribution < -0.4 is 19.7 Å². The zero-order valence-electron chi connectivity index (χ0n) is 30.2. The second-order valence-electron chi connectivity index (χ2n) is 13.9. The summed E-state index contributed by atoms with van der Waals surface area (Å²) in [6.07, 6.45) is 2.01. The maximum absolute atomic E-state index is 13.2. The first-order valence-corrected chi connectivity index (χ1v) is 19.5. The van der Waals surface area contributed by atoms with Gasteiger partial charge in [0.05, 0.1) is 43.1 Å². The molecular weight excluding hydrogens is 687 g/mol. The number of fused-ring (bicyclic) bond motifs is 3. The first kappa shape index (κ1) is 35.0. The molecule has 2 aliphatic heterocycles. The molecule has 0 amide bonds. The normalized spacial score (nSPS) is 15.8. The van der Waals surface area contributed by atoms with Gasteiger partial charge in [-0.2, -0.15) is 5.10 Å². The predicted molar refractivity (Wildman–Crippen MR) is 212 cm³/mol. The van der Waals surface area contributed by atoms with Crippen molar-refractivity contribution in [2.45, 2.75) is 39.3 Å². The number of ether oxygens (including phenoxy) is 1. The van der Waals surface area contributed by atoms with E-state index in [2.05, 4.69) is 64.4 Å². The van der Waals surface area contributed by atoms with Crippen molar-refractivity contribution in [3.05, 3.63) is 108 Å². The van der Waals surface area contributed by atoms with Crippen LogP contribution in [0.1, 0.15) is 40.3 Å². The molecule has 8 rings (SSSR count). The quantitative estimate of drug-likeness (QED) is 0.130. The van der Waals surface area contributed by atoms with E-state index in [0.717, 1.165) is 92.9 Å². The zero-order valence-corrected chi connectivity index (χ0v) is 31.0. The average Bonchev–Trinajstić information content (AvgIpc) is 3.64. The van der Waals surface area contributed by atoms with E-state index in [1.54, 1.807) is 4.31 Å². The molecule has 0 saturated carbocycles. The summed E-state index contributed by atoms with van der Waals surface area (Å²) >= 11 is -1.44. The molecule has 1 fully saturated rings. The van der Waals surface area contributed by atoms with Crippen LogP contribution in [0, 0.1) is 6.92 Å². The molecule has 4 heterocycles. The topological polar surface area (TPSA) is 128 Å². The fourth-order valence-corrected chi connectivity index (χ4v) is 8.82. The zero-order chi connectivity index (χ0) is 36.6. The lowest BCUT2D eigenvalue weighted by atomic mass is 9.97. The van der Waals surface area contributed by atoms with Crippen LogP contribution in [0.3, 0.4) is 0 Å². The van der Waals surface area contributed by atoms with Crippen molar-refractivity contribution in [1.82, 2.24) is 18.7 Å². The SMILES string of the molecule is Cc1nn(C)c2c1-c1cccc3c(CCCOc4cccc5ccccc45)c(C(=O)O)n(c13)CCCN(c1ccc(N3CCN([S+](N)[O-])CC3)cc1)C2. The molecule has 1 saturated heterocycles. The van der Waals surface area contributed by atoms with Crippen LogP contribution in [-0.4, -0.2) is 73.6 Å². The number of para-hydroxylation sites is 1. The van der Waals surface area contributed by atoms with E-state index in [1.165, 1.54) is 0 Å². The number of rotatable bonds is 9. The summed E-state index contributed by atoms with van der Waals surface area (Å²) in [6, 6.07) is 29.1. The molecule has 11 nitrogen and oxygen atoms in total. The number of nitrogens with zero attached hydrogens (tertiary/aromatic N) is 6. The van der Waals surface area contributed by atoms with Gasteiger partial charge in [0.1, 0.15) is 23.0 Å². The highest BCUT2D eigenvalue weighted by molar-refractivity contribution is 7.86. The van der Waals surface area contributed by atoms with Crippen LogP contribution in [0.2, 0.25) is 0 Å². The van der Waals surface area contributed by atoms with Crippen LogP contribution in [0.5, 0.6) is 5.75 Å². The van der Waals surface area contributed by atoms with Gasteiger partial charge in [0.2, 0.25) is 0 Å². The molecule has 1 atom stereocenters. The molecule has 12 heteroatoms. The highest BCUT2D eigenvalue weighted by Gasteiger charge is 2.29. The number of hydrogen-bond acceptors (Lipinski definition) is 8. The number of aromatic nitrogens is 3. The highest BCUT2D eigenvalue weighted by Crippen LogP contribution is 2.40. The molecule has 2 aromatic heterocycles. The highest BCUT2D eigenvalue weighted by atomic mass is 32.2. The van der Waals surface area contributed by atoms with Crippen LogP contribution in [0.25, 0.3) is 32.8 Å². The molecule has 3 N–H and O–H groups in total. The molecular formula is C41H45N7O4S. The minimum Gasteiger partial charge on any atom is -0.579 e. The Hall–Kier alpha value is -5.01. The number of aryl methyl sites for hydroxylation is 4. The van der Waals surface area contributed by atoms with Gasteiger partial charge >= 0.3 is 5.97 Å². The molecule has 0 bridgehead atoms. The summed E-state index contributed by atoms with van der Waals surface area (Å²) in [5.74, 6) is -0.0733. The van der Waals surface area contributed by atoms with Crippen LogP contribution >= 0.6 is 0 Å². The second kappa shape index (κ2) is 14.8. The van der Waals surface area contributed by atoms with Crippen molar-refractivity contribution in [1.29, 1.82) is 0 Å². The number of aromatic carboxylic acids is 1. The number of carboxylic acid groups (broad SMARTS) is 1. The van der Waals surface area contributed by atoms with Gasteiger partial charge in [0.25, 0.3) is 0 Å². The largest absolute Gasteiger partial charge is 0.579 e. The van der Waals surface area contributed by atoms with Crippen molar-refractivity contribution in [2.24, 2.45) is 12.2 Å². The van der Waals surface area contributed by atoms with Gasteiger partial charge < -0.3 is 28.8 Å². The Kier molecular flexibility index (Phi) is 9.78. The minimum absolute atomic E-state index is 0.357. The van der Waals surface area contributed by atoms with Gasteiger partial charge in [-0.1, -0.05) is 54.6 Å². The van der Waals surface area contributed by atoms with Gasteiger partial charge in [-0.3, -0.25) is 4.68 Å². The lowest BCUT2D eigenvalue weighted by Crippen LogP contribution is -2.50. The first-order valence-electron chi connectivity index (χ1n) is 18.3. The third-order valence-electron chi connectivity index (χ3n) is 10.8. The second-order valence-corrected chi connectivity index (χ2v) is 15.0. The summed E-state index contributed by atoms with van der Waals surface area (Å²) in [6.45, 7) is 7.33. The summed E-state index contributed by atoms with van der Waals surface area (Å²) in [5.41, 5.74) is 8.45. The molecule has 2 aliphatic rings. The van der Waals surface area contributed by atoms with Gasteiger partial charge in [-0.15, -0.1) is 9.44 Å². The standard InChI is InChI=1S/C41H45N7O4S/c1-28-38-35-13-6-12-33-34(14-7-26-52-37-15-5-10-29-9-3-4-11-32(29)37)40(41(49)50)48(39(33)35)21-8-20-46(27-36(38)44(2)43-28)31-18-16-30(17-19-31)45-22-24-47(25-23-45)53(42)51/h3-6,9-13,15-19H,7-8,14,20-27,42H2,1-2H3,(H,49,50). The van der Waals surface area contributed by atoms with Crippen molar-refractivity contribution in [3.63, 3.8) is 0 Å². The number of nitrogens with two attached hydrogens (primary N) is 1. The Morgan fingerprint density at radius 2 is 1.58 bits per heavy atom. The molecule has 4 aromatic carbocycles. The lowest BCUT2D eigenvalue weighted by molar-refractivity contribution is 0.0684. The summed E-state index contributed by atoms with van der Waals surface area (Å²) < 4.78 is 23.8. The Morgan fingerprint density at radius 1 is 0.887 bits per heavy atom. The summed E-state index contributed by atoms with van der Waals surface area (Å²) in [4.78, 5) is 17.8. The lowest BCUT2D eigenvalue weighted by Gasteiger charge is -2.34. The summed E-state index contributed by atoms with van der Waals surface area (Å²) in [5, 5.41) is 24.5. The smallest absolute Gasteiger partial charge is 0.352 e. The fourth-order valence-electron chi connectivity index (χ4n) is 8.29. The Bertz CT molecular complexity index is 2270. The molecule has 0 radical (unpaired) electrons.